The smallest absolute Gasteiger partial charge is 0.323 e. The summed E-state index contributed by atoms with van der Waals surface area (Å²) in [6, 6.07) is 4.12. The zero-order chi connectivity index (χ0) is 14.2. The minimum atomic E-state index is -1.21. The number of aliphatic carboxylic acids is 1. The molecular formula is C14H19N3O2. The van der Waals surface area contributed by atoms with E-state index in [1.807, 2.05) is 10.6 Å². The topological polar surface area (TPSA) is 81.1 Å². The summed E-state index contributed by atoms with van der Waals surface area (Å²) in [5.74, 6) is -0.982. The van der Waals surface area contributed by atoms with Gasteiger partial charge in [0.15, 0.2) is 0 Å². The number of carboxylic acids is 1. The number of hydrogen-bond acceptors (Lipinski definition) is 3. The molecule has 0 aliphatic carbocycles. The average molecular weight is 261 g/mol. The van der Waals surface area contributed by atoms with Crippen LogP contribution in [0.5, 0.6) is 0 Å². The number of nitrogens with zero attached hydrogens (tertiary/aromatic N) is 2. The minimum Gasteiger partial charge on any atom is -0.480 e. The van der Waals surface area contributed by atoms with Crippen molar-refractivity contribution >= 4 is 17.0 Å². The van der Waals surface area contributed by atoms with Crippen molar-refractivity contribution < 1.29 is 9.90 Å². The summed E-state index contributed by atoms with van der Waals surface area (Å²) in [4.78, 5) is 15.3. The van der Waals surface area contributed by atoms with E-state index in [1.165, 1.54) is 18.1 Å². The third-order valence-corrected chi connectivity index (χ3v) is 3.60. The number of imidazole rings is 1. The van der Waals surface area contributed by atoms with Gasteiger partial charge in [-0.2, -0.15) is 0 Å². The minimum absolute atomic E-state index is 0.362. The second-order valence-corrected chi connectivity index (χ2v) is 5.34. The fourth-order valence-corrected chi connectivity index (χ4v) is 1.95. The van der Waals surface area contributed by atoms with Crippen molar-refractivity contribution in [1.29, 1.82) is 0 Å². The van der Waals surface area contributed by atoms with E-state index in [0.29, 0.717) is 13.0 Å². The van der Waals surface area contributed by atoms with Crippen molar-refractivity contribution in [2.45, 2.75) is 39.3 Å². The van der Waals surface area contributed by atoms with Gasteiger partial charge in [0.2, 0.25) is 0 Å². The van der Waals surface area contributed by atoms with Crippen molar-refractivity contribution in [1.82, 2.24) is 9.55 Å². The molecule has 0 radical (unpaired) electrons. The molecule has 102 valence electrons. The summed E-state index contributed by atoms with van der Waals surface area (Å²) in [5.41, 5.74) is 8.87. The van der Waals surface area contributed by atoms with Crippen LogP contribution in [0.3, 0.4) is 0 Å². The van der Waals surface area contributed by atoms with Gasteiger partial charge in [-0.15, -0.1) is 0 Å². The molecule has 0 aliphatic rings. The highest BCUT2D eigenvalue weighted by Gasteiger charge is 2.27. The zero-order valence-electron chi connectivity index (χ0n) is 11.5. The predicted octanol–water partition coefficient (Wildman–Crippen LogP) is 1.85. The second kappa shape index (κ2) is 4.66. The summed E-state index contributed by atoms with van der Waals surface area (Å²) in [7, 11) is 0. The molecule has 1 aromatic heterocycles. The lowest BCUT2D eigenvalue weighted by Gasteiger charge is -2.19. The number of rotatable bonds is 4. The molecule has 0 saturated heterocycles. The maximum atomic E-state index is 11.0. The Morgan fingerprint density at radius 2 is 2.05 bits per heavy atom. The van der Waals surface area contributed by atoms with E-state index in [1.54, 1.807) is 6.33 Å². The standard InChI is InChI=1S/C14H19N3O2/c1-9-6-11-12(7-10(9)2)17(8-16-11)5-4-14(3,15)13(18)19/h6-8H,4-5,15H2,1-3H3,(H,18,19). The molecule has 3 N–H and O–H groups in total. The van der Waals surface area contributed by atoms with Crippen molar-refractivity contribution in [2.24, 2.45) is 5.73 Å². The first-order chi connectivity index (χ1) is 8.81. The largest absolute Gasteiger partial charge is 0.480 e. The number of carbonyl (C=O) groups is 1. The molecular weight excluding hydrogens is 242 g/mol. The highest BCUT2D eigenvalue weighted by molar-refractivity contribution is 5.78. The second-order valence-electron chi connectivity index (χ2n) is 5.34. The Morgan fingerprint density at radius 1 is 1.42 bits per heavy atom. The highest BCUT2D eigenvalue weighted by atomic mass is 16.4. The van der Waals surface area contributed by atoms with Gasteiger partial charge in [0.05, 0.1) is 17.4 Å². The monoisotopic (exact) mass is 261 g/mol. The van der Waals surface area contributed by atoms with Crippen LogP contribution in [0, 0.1) is 13.8 Å². The van der Waals surface area contributed by atoms with E-state index in [9.17, 15) is 4.79 Å². The molecule has 0 fully saturated rings. The van der Waals surface area contributed by atoms with E-state index in [-0.39, 0.29) is 0 Å². The molecule has 2 aromatic rings. The number of carboxylic acid groups (broad SMARTS) is 1. The Balaban J connectivity index is 2.27. The molecule has 2 rings (SSSR count). The quantitative estimate of drug-likeness (QED) is 0.880. The summed E-state index contributed by atoms with van der Waals surface area (Å²) in [6.07, 6.45) is 2.10. The summed E-state index contributed by atoms with van der Waals surface area (Å²) in [6.45, 7) is 6.17. The van der Waals surface area contributed by atoms with E-state index in [2.05, 4.69) is 24.9 Å². The van der Waals surface area contributed by atoms with Crippen LogP contribution in [0.4, 0.5) is 0 Å². The number of aromatic nitrogens is 2. The molecule has 1 aromatic carbocycles. The highest BCUT2D eigenvalue weighted by Crippen LogP contribution is 2.19. The Morgan fingerprint density at radius 3 is 2.68 bits per heavy atom. The molecule has 0 aliphatic heterocycles. The number of nitrogens with two attached hydrogens (primary N) is 1. The van der Waals surface area contributed by atoms with Crippen molar-refractivity contribution in [2.75, 3.05) is 0 Å². The number of fused-ring (bicyclic) bond motifs is 1. The normalized spacial score (nSPS) is 14.5. The third kappa shape index (κ3) is 2.61. The summed E-state index contributed by atoms with van der Waals surface area (Å²) < 4.78 is 1.95. The van der Waals surface area contributed by atoms with Gasteiger partial charge in [0.25, 0.3) is 0 Å². The van der Waals surface area contributed by atoms with Crippen LogP contribution in [-0.2, 0) is 11.3 Å². The molecule has 0 spiro atoms. The van der Waals surface area contributed by atoms with Gasteiger partial charge in [0, 0.05) is 6.54 Å². The Labute approximate surface area is 112 Å². The van der Waals surface area contributed by atoms with Crippen LogP contribution >= 0.6 is 0 Å². The molecule has 0 amide bonds. The van der Waals surface area contributed by atoms with Crippen molar-refractivity contribution in [3.63, 3.8) is 0 Å². The van der Waals surface area contributed by atoms with Crippen molar-refractivity contribution in [3.05, 3.63) is 29.6 Å². The summed E-state index contributed by atoms with van der Waals surface area (Å²) >= 11 is 0. The van der Waals surface area contributed by atoms with E-state index < -0.39 is 11.5 Å². The van der Waals surface area contributed by atoms with Gasteiger partial charge in [0.1, 0.15) is 5.54 Å². The van der Waals surface area contributed by atoms with Gasteiger partial charge in [-0.3, -0.25) is 4.79 Å². The molecule has 0 saturated carbocycles. The molecule has 5 nitrogen and oxygen atoms in total. The van der Waals surface area contributed by atoms with Crippen LogP contribution in [-0.4, -0.2) is 26.2 Å². The van der Waals surface area contributed by atoms with Gasteiger partial charge in [-0.1, -0.05) is 0 Å². The molecule has 1 atom stereocenters. The van der Waals surface area contributed by atoms with Gasteiger partial charge < -0.3 is 15.4 Å². The van der Waals surface area contributed by atoms with E-state index >= 15 is 0 Å². The first-order valence-corrected chi connectivity index (χ1v) is 6.25. The van der Waals surface area contributed by atoms with Crippen LogP contribution < -0.4 is 5.73 Å². The van der Waals surface area contributed by atoms with Crippen LogP contribution in [0.25, 0.3) is 11.0 Å². The van der Waals surface area contributed by atoms with E-state index in [0.717, 1.165) is 11.0 Å². The maximum Gasteiger partial charge on any atom is 0.323 e. The molecule has 5 heteroatoms. The first-order valence-electron chi connectivity index (χ1n) is 6.25. The molecule has 1 heterocycles. The fraction of sp³-hybridized carbons (Fsp3) is 0.429. The maximum absolute atomic E-state index is 11.0. The van der Waals surface area contributed by atoms with Crippen LogP contribution in [0.2, 0.25) is 0 Å². The first kappa shape index (κ1) is 13.5. The Bertz CT molecular complexity index is 629. The third-order valence-electron chi connectivity index (χ3n) is 3.60. The van der Waals surface area contributed by atoms with Gasteiger partial charge in [-0.05, 0) is 50.5 Å². The Hall–Kier alpha value is -1.88. The fourth-order valence-electron chi connectivity index (χ4n) is 1.95. The van der Waals surface area contributed by atoms with Crippen LogP contribution in [0.15, 0.2) is 18.5 Å². The van der Waals surface area contributed by atoms with E-state index in [4.69, 9.17) is 10.8 Å². The lowest BCUT2D eigenvalue weighted by Crippen LogP contribution is -2.45. The zero-order valence-corrected chi connectivity index (χ0v) is 11.5. The number of benzene rings is 1. The Kier molecular flexibility index (Phi) is 3.32. The molecule has 0 bridgehead atoms. The molecule has 19 heavy (non-hydrogen) atoms. The molecule has 1 unspecified atom stereocenters. The predicted molar refractivity (Wildman–Crippen MR) is 74.1 cm³/mol. The number of hydrogen-bond donors (Lipinski definition) is 2. The van der Waals surface area contributed by atoms with Crippen LogP contribution in [0.1, 0.15) is 24.5 Å². The SMILES string of the molecule is Cc1cc2ncn(CCC(C)(N)C(=O)O)c2cc1C. The lowest BCUT2D eigenvalue weighted by atomic mass is 10.00. The van der Waals surface area contributed by atoms with Gasteiger partial charge in [-0.25, -0.2) is 4.98 Å². The number of aryl methyl sites for hydroxylation is 3. The van der Waals surface area contributed by atoms with Crippen molar-refractivity contribution in [3.8, 4) is 0 Å². The lowest BCUT2D eigenvalue weighted by molar-refractivity contribution is -0.143. The average Bonchev–Trinajstić information content (AvgIpc) is 2.69. The summed E-state index contributed by atoms with van der Waals surface area (Å²) in [5, 5.41) is 9.01. The van der Waals surface area contributed by atoms with Gasteiger partial charge >= 0.3 is 5.97 Å².